The van der Waals surface area contributed by atoms with Crippen LogP contribution in [0.2, 0.25) is 0 Å². The van der Waals surface area contributed by atoms with E-state index in [-0.39, 0.29) is 0 Å². The van der Waals surface area contributed by atoms with E-state index in [9.17, 15) is 0 Å². The Morgan fingerprint density at radius 1 is 1.12 bits per heavy atom. The summed E-state index contributed by atoms with van der Waals surface area (Å²) in [5.41, 5.74) is 3.82. The summed E-state index contributed by atoms with van der Waals surface area (Å²) in [7, 11) is 1.99. The number of aliphatic imine (C=N–C) groups is 1. The Balaban J connectivity index is 5.79. The average Bonchev–Trinajstić information content (AvgIpc) is 2.62. The number of allylic oxidation sites excluding steroid dienone is 12. The minimum atomic E-state index is 0.837. The van der Waals surface area contributed by atoms with E-state index in [1.165, 1.54) is 0 Å². The van der Waals surface area contributed by atoms with Crippen LogP contribution in [0, 0.1) is 12.3 Å². The first kappa shape index (κ1) is 22.0. The van der Waals surface area contributed by atoms with Crippen LogP contribution in [0.1, 0.15) is 20.8 Å². The van der Waals surface area contributed by atoms with E-state index in [0.717, 1.165) is 22.7 Å². The Labute approximate surface area is 153 Å². The highest BCUT2D eigenvalue weighted by Gasteiger charge is 2.06. The molecule has 0 N–H and O–H groups in total. The van der Waals surface area contributed by atoms with Gasteiger partial charge in [-0.15, -0.1) is 6.42 Å². The van der Waals surface area contributed by atoms with Gasteiger partial charge in [0.25, 0.3) is 0 Å². The van der Waals surface area contributed by atoms with E-state index < -0.39 is 0 Å². The molecule has 0 unspecified atom stereocenters. The van der Waals surface area contributed by atoms with Crippen LogP contribution in [0.4, 0.5) is 0 Å². The molecule has 0 saturated heterocycles. The third-order valence-corrected chi connectivity index (χ3v) is 3.28. The second-order valence-electron chi connectivity index (χ2n) is 5.14. The Morgan fingerprint density at radius 2 is 1.84 bits per heavy atom. The van der Waals surface area contributed by atoms with Gasteiger partial charge in [0, 0.05) is 24.7 Å². The fraction of sp³-hybridized carbons (Fsp3) is 0.174. The Morgan fingerprint density at radius 3 is 2.40 bits per heavy atom. The lowest BCUT2D eigenvalue weighted by molar-refractivity contribution is 0.532. The van der Waals surface area contributed by atoms with Gasteiger partial charge < -0.3 is 4.90 Å². The maximum absolute atomic E-state index is 5.19. The highest BCUT2D eigenvalue weighted by atomic mass is 15.1. The molecule has 0 aromatic carbocycles. The minimum absolute atomic E-state index is 0.837. The van der Waals surface area contributed by atoms with Crippen molar-refractivity contribution in [2.75, 3.05) is 7.05 Å². The summed E-state index contributed by atoms with van der Waals surface area (Å²) in [5.74, 6) is 2.46. The van der Waals surface area contributed by atoms with E-state index in [4.69, 9.17) is 6.42 Å². The molecule has 0 amide bonds. The molecule has 130 valence electrons. The van der Waals surface area contributed by atoms with Gasteiger partial charge in [0.05, 0.1) is 5.70 Å². The number of likely N-dealkylation sites (N-methyl/N-ethyl adjacent to an activating group) is 1. The van der Waals surface area contributed by atoms with Gasteiger partial charge in [-0.1, -0.05) is 55.5 Å². The van der Waals surface area contributed by atoms with Crippen molar-refractivity contribution < 1.29 is 0 Å². The third-order valence-electron chi connectivity index (χ3n) is 3.28. The smallest absolute Gasteiger partial charge is 0.0821 e. The van der Waals surface area contributed by atoms with Gasteiger partial charge in [-0.25, -0.2) is 0 Å². The number of nitrogens with zero attached hydrogens (tertiary/aromatic N) is 2. The summed E-state index contributed by atoms with van der Waals surface area (Å²) in [6.45, 7) is 13.6. The van der Waals surface area contributed by atoms with Crippen molar-refractivity contribution >= 4 is 6.21 Å². The van der Waals surface area contributed by atoms with E-state index in [0.29, 0.717) is 0 Å². The zero-order chi connectivity index (χ0) is 19.1. The first-order valence-corrected chi connectivity index (χ1v) is 8.04. The predicted molar refractivity (Wildman–Crippen MR) is 113 cm³/mol. The lowest BCUT2D eigenvalue weighted by Crippen LogP contribution is -2.15. The molecular formula is C23H28N2. The van der Waals surface area contributed by atoms with Crippen molar-refractivity contribution in [3.8, 4) is 12.3 Å². The molecule has 2 nitrogen and oxygen atoms in total. The predicted octanol–water partition coefficient (Wildman–Crippen LogP) is 5.74. The van der Waals surface area contributed by atoms with Crippen molar-refractivity contribution in [3.63, 3.8) is 0 Å². The molecule has 0 atom stereocenters. The molecule has 0 aromatic heterocycles. The standard InChI is InChI=1S/C23H28N2/c1-8-12-15-16-20(5)19-24-23(18-14-10-3)21(6)25(7)22(11-4)17-13-9-2/h1,9-19H,3-4H2,2,5-7H3/b13-9-,15-12-,18-14-,20-16+,22-17+,23-21-,24-19-. The molecule has 0 bridgehead atoms. The molecule has 0 spiro atoms. The fourth-order valence-corrected chi connectivity index (χ4v) is 1.76. The van der Waals surface area contributed by atoms with Crippen LogP contribution < -0.4 is 0 Å². The first-order chi connectivity index (χ1) is 12.0. The number of hydrogen-bond acceptors (Lipinski definition) is 2. The molecule has 0 aliphatic rings. The van der Waals surface area contributed by atoms with Gasteiger partial charge >= 0.3 is 0 Å². The summed E-state index contributed by atoms with van der Waals surface area (Å²) < 4.78 is 0. The minimum Gasteiger partial charge on any atom is -0.346 e. The zero-order valence-corrected chi connectivity index (χ0v) is 15.7. The molecule has 0 rings (SSSR count). The molecule has 0 heterocycles. The topological polar surface area (TPSA) is 15.6 Å². The number of terminal acetylenes is 1. The van der Waals surface area contributed by atoms with Crippen molar-refractivity contribution in [1.82, 2.24) is 4.90 Å². The number of rotatable bonds is 9. The Hall–Kier alpha value is -3.05. The van der Waals surface area contributed by atoms with Gasteiger partial charge in [-0.3, -0.25) is 4.99 Å². The quantitative estimate of drug-likeness (QED) is 0.298. The molecule has 0 fully saturated rings. The van der Waals surface area contributed by atoms with E-state index in [1.807, 2.05) is 87.5 Å². The SMILES string of the molecule is C#C\C=C/C=C(C)/C=N\C(\C=C/C=C)=C(\C)N(C)/C(C=C)=C/C=C\C. The van der Waals surface area contributed by atoms with E-state index in [2.05, 4.69) is 24.1 Å². The molecule has 0 saturated carbocycles. The van der Waals surface area contributed by atoms with Gasteiger partial charge in [0.2, 0.25) is 0 Å². The second-order valence-corrected chi connectivity index (χ2v) is 5.14. The molecule has 0 radical (unpaired) electrons. The largest absolute Gasteiger partial charge is 0.346 e. The van der Waals surface area contributed by atoms with E-state index in [1.54, 1.807) is 12.2 Å². The fourth-order valence-electron chi connectivity index (χ4n) is 1.76. The maximum Gasteiger partial charge on any atom is 0.0821 e. The maximum atomic E-state index is 5.19. The van der Waals surface area contributed by atoms with E-state index >= 15 is 0 Å². The van der Waals surface area contributed by atoms with Crippen molar-refractivity contribution in [3.05, 3.63) is 96.6 Å². The Kier molecular flexibility index (Phi) is 11.8. The third kappa shape index (κ3) is 8.98. The summed E-state index contributed by atoms with van der Waals surface area (Å²) in [4.78, 5) is 6.65. The highest BCUT2D eigenvalue weighted by molar-refractivity contribution is 5.79. The van der Waals surface area contributed by atoms with Crippen molar-refractivity contribution in [2.24, 2.45) is 4.99 Å². The molecule has 0 aliphatic heterocycles. The second kappa shape index (κ2) is 13.4. The van der Waals surface area contributed by atoms with Gasteiger partial charge in [-0.05, 0) is 50.6 Å². The molecule has 25 heavy (non-hydrogen) atoms. The van der Waals surface area contributed by atoms with Gasteiger partial charge in [0.1, 0.15) is 0 Å². The van der Waals surface area contributed by atoms with Crippen LogP contribution in [-0.4, -0.2) is 18.2 Å². The molecule has 2 heteroatoms. The summed E-state index contributed by atoms with van der Waals surface area (Å²) in [5, 5.41) is 0. The summed E-state index contributed by atoms with van der Waals surface area (Å²) in [6, 6.07) is 0. The van der Waals surface area contributed by atoms with Gasteiger partial charge in [0.15, 0.2) is 0 Å². The normalized spacial score (nSPS) is 14.4. The van der Waals surface area contributed by atoms with Crippen LogP contribution in [-0.2, 0) is 0 Å². The number of hydrogen-bond donors (Lipinski definition) is 0. The van der Waals surface area contributed by atoms with Gasteiger partial charge in [-0.2, -0.15) is 0 Å². The lowest BCUT2D eigenvalue weighted by Gasteiger charge is -2.22. The first-order valence-electron chi connectivity index (χ1n) is 8.04. The van der Waals surface area contributed by atoms with Crippen molar-refractivity contribution in [2.45, 2.75) is 20.8 Å². The van der Waals surface area contributed by atoms with Crippen molar-refractivity contribution in [1.29, 1.82) is 0 Å². The van der Waals surface area contributed by atoms with Crippen LogP contribution in [0.3, 0.4) is 0 Å². The highest BCUT2D eigenvalue weighted by Crippen LogP contribution is 2.17. The van der Waals surface area contributed by atoms with Crippen LogP contribution in [0.25, 0.3) is 0 Å². The van der Waals surface area contributed by atoms with Crippen LogP contribution in [0.15, 0.2) is 102 Å². The zero-order valence-electron chi connectivity index (χ0n) is 15.7. The summed E-state index contributed by atoms with van der Waals surface area (Å²) >= 11 is 0. The van der Waals surface area contributed by atoms with Crippen LogP contribution in [0.5, 0.6) is 0 Å². The van der Waals surface area contributed by atoms with Crippen LogP contribution >= 0.6 is 0 Å². The Bertz CT molecular complexity index is 699. The molecule has 0 aliphatic carbocycles. The average molecular weight is 332 g/mol. The lowest BCUT2D eigenvalue weighted by atomic mass is 10.2. The molecule has 0 aromatic rings. The molecular weight excluding hydrogens is 304 g/mol. The monoisotopic (exact) mass is 332 g/mol. The summed E-state index contributed by atoms with van der Waals surface area (Å²) in [6.07, 6.45) is 25.7.